The molecule has 36 heavy (non-hydrogen) atoms. The van der Waals surface area contributed by atoms with Gasteiger partial charge in [0.25, 0.3) is 0 Å². The molecule has 0 fully saturated rings. The summed E-state index contributed by atoms with van der Waals surface area (Å²) in [6.07, 6.45) is 10.2. The van der Waals surface area contributed by atoms with E-state index in [0.29, 0.717) is 25.0 Å². The monoisotopic (exact) mass is 530 g/mol. The summed E-state index contributed by atoms with van der Waals surface area (Å²) in [5.41, 5.74) is 2.38. The van der Waals surface area contributed by atoms with Crippen molar-refractivity contribution in [3.05, 3.63) is 53.6 Å². The predicted molar refractivity (Wildman–Crippen MR) is 156 cm³/mol. The van der Waals surface area contributed by atoms with E-state index in [1.54, 1.807) is 7.11 Å². The fourth-order valence-electron chi connectivity index (χ4n) is 5.31. The van der Waals surface area contributed by atoms with Crippen molar-refractivity contribution in [1.82, 2.24) is 0 Å². The molecule has 0 saturated heterocycles. The van der Waals surface area contributed by atoms with E-state index in [0.717, 1.165) is 25.0 Å². The van der Waals surface area contributed by atoms with E-state index in [4.69, 9.17) is 18.3 Å². The molecule has 3 rings (SSSR count). The molecule has 0 amide bonds. The van der Waals surface area contributed by atoms with Crippen molar-refractivity contribution in [2.45, 2.75) is 103 Å². The van der Waals surface area contributed by atoms with Gasteiger partial charge < -0.3 is 18.3 Å². The average Bonchev–Trinajstić information content (AvgIpc) is 3.19. The Labute approximate surface area is 222 Å². The van der Waals surface area contributed by atoms with Crippen LogP contribution in [0.15, 0.2) is 48.1 Å². The minimum atomic E-state index is -1.97. The lowest BCUT2D eigenvalue weighted by Gasteiger charge is -2.45. The Hall–Kier alpha value is -1.19. The third kappa shape index (κ3) is 7.44. The van der Waals surface area contributed by atoms with Crippen molar-refractivity contribution in [2.24, 2.45) is 11.8 Å². The summed E-state index contributed by atoms with van der Waals surface area (Å²) in [7, 11) is -2.03. The van der Waals surface area contributed by atoms with Gasteiger partial charge in [-0.05, 0) is 80.8 Å². The van der Waals surface area contributed by atoms with Crippen LogP contribution in [0.5, 0.6) is 5.75 Å². The van der Waals surface area contributed by atoms with Crippen LogP contribution in [0.3, 0.4) is 0 Å². The molecule has 0 radical (unpaired) electrons. The fraction of sp³-hybridized carbons (Fsp3) is 0.667. The summed E-state index contributed by atoms with van der Waals surface area (Å²) < 4.78 is 25.6. The molecule has 0 spiro atoms. The van der Waals surface area contributed by atoms with E-state index in [1.165, 1.54) is 11.1 Å². The van der Waals surface area contributed by atoms with Gasteiger partial charge in [0.15, 0.2) is 16.6 Å². The normalized spacial score (nSPS) is 26.9. The van der Waals surface area contributed by atoms with Crippen molar-refractivity contribution in [3.63, 3.8) is 0 Å². The van der Waals surface area contributed by atoms with Crippen molar-refractivity contribution in [2.75, 3.05) is 13.7 Å². The zero-order chi connectivity index (χ0) is 26.8. The number of fused-ring (bicyclic) bond motifs is 1. The summed E-state index contributed by atoms with van der Waals surface area (Å²) in [6, 6.07) is 8.12. The lowest BCUT2D eigenvalue weighted by atomic mass is 9.82. The molecule has 0 aliphatic heterocycles. The van der Waals surface area contributed by atoms with Gasteiger partial charge in [0.2, 0.25) is 0 Å². The van der Waals surface area contributed by atoms with Gasteiger partial charge in [-0.1, -0.05) is 51.1 Å². The van der Waals surface area contributed by atoms with E-state index in [9.17, 15) is 0 Å². The van der Waals surface area contributed by atoms with Gasteiger partial charge in [-0.2, -0.15) is 0 Å². The highest BCUT2D eigenvalue weighted by atomic mass is 28.4. The van der Waals surface area contributed by atoms with Crippen LogP contribution in [0, 0.1) is 11.8 Å². The second kappa shape index (κ2) is 11.3. The van der Waals surface area contributed by atoms with Crippen LogP contribution in [0.25, 0.3) is 0 Å². The molecule has 0 aromatic heterocycles. The number of hydrogen-bond donors (Lipinski definition) is 0. The number of benzene rings is 1. The summed E-state index contributed by atoms with van der Waals surface area (Å²) in [5.74, 6) is 1.58. The van der Waals surface area contributed by atoms with E-state index < -0.39 is 16.6 Å². The predicted octanol–water partition coefficient (Wildman–Crippen LogP) is 8.12. The molecule has 0 bridgehead atoms. The van der Waals surface area contributed by atoms with Gasteiger partial charge in [-0.3, -0.25) is 0 Å². The SMILES string of the molecule is COc1ccc(COCC[C@H]2C=C3C=CC[C@H]3[C@@](C)(O[Si](C)(C)C)C[C@H]2O[Si](C)(C)C(C)(C)C)cc1. The number of ether oxygens (including phenoxy) is 2. The lowest BCUT2D eigenvalue weighted by Crippen LogP contribution is -2.51. The first-order chi connectivity index (χ1) is 16.6. The van der Waals surface area contributed by atoms with Gasteiger partial charge in [-0.15, -0.1) is 0 Å². The van der Waals surface area contributed by atoms with Crippen LogP contribution in [0.1, 0.15) is 52.5 Å². The molecule has 0 unspecified atom stereocenters. The summed E-state index contributed by atoms with van der Waals surface area (Å²) in [4.78, 5) is 0. The second-order valence-corrected chi connectivity index (χ2v) is 22.5. The van der Waals surface area contributed by atoms with Crippen molar-refractivity contribution < 1.29 is 18.3 Å². The molecule has 0 heterocycles. The smallest absolute Gasteiger partial charge is 0.192 e. The zero-order valence-electron chi connectivity index (χ0n) is 24.4. The quantitative estimate of drug-likeness (QED) is 0.226. The molecule has 4 atom stereocenters. The Morgan fingerprint density at radius 2 is 1.69 bits per heavy atom. The highest BCUT2D eigenvalue weighted by Gasteiger charge is 2.48. The minimum absolute atomic E-state index is 0.128. The highest BCUT2D eigenvalue weighted by Crippen LogP contribution is 2.48. The van der Waals surface area contributed by atoms with Gasteiger partial charge in [0.05, 0.1) is 25.4 Å². The van der Waals surface area contributed by atoms with Crippen molar-refractivity contribution >= 4 is 16.6 Å². The molecule has 6 heteroatoms. The molecule has 2 aliphatic carbocycles. The van der Waals surface area contributed by atoms with Crippen molar-refractivity contribution in [3.8, 4) is 5.75 Å². The van der Waals surface area contributed by atoms with Gasteiger partial charge >= 0.3 is 0 Å². The first kappa shape index (κ1) is 29.4. The standard InChI is InChI=1S/C30H50O4Si2/c1-29(2,3)36(9,10)33-28-21-30(4,34-35(6,7)8)27-13-11-12-24(27)20-25(28)18-19-32-22-23-14-16-26(31-5)17-15-23/h11-12,14-17,20,25,27-28H,13,18-19,21-22H2,1-10H3/t25-,27+,28+,30-/m0/s1. The van der Waals surface area contributed by atoms with Crippen LogP contribution >= 0.6 is 0 Å². The Morgan fingerprint density at radius 3 is 2.28 bits per heavy atom. The molecule has 0 N–H and O–H groups in total. The molecule has 1 aromatic carbocycles. The molecular weight excluding hydrogens is 480 g/mol. The van der Waals surface area contributed by atoms with Crippen LogP contribution in [0.4, 0.5) is 0 Å². The molecule has 4 nitrogen and oxygen atoms in total. The molecule has 0 saturated carbocycles. The van der Waals surface area contributed by atoms with Crippen LogP contribution in [-0.4, -0.2) is 42.1 Å². The molecule has 1 aromatic rings. The highest BCUT2D eigenvalue weighted by molar-refractivity contribution is 6.74. The van der Waals surface area contributed by atoms with Crippen LogP contribution < -0.4 is 4.74 Å². The third-order valence-corrected chi connectivity index (χ3v) is 13.7. The first-order valence-corrected chi connectivity index (χ1v) is 19.9. The van der Waals surface area contributed by atoms with Gasteiger partial charge in [0, 0.05) is 24.9 Å². The van der Waals surface area contributed by atoms with Crippen LogP contribution in [-0.2, 0) is 20.2 Å². The van der Waals surface area contributed by atoms with Crippen LogP contribution in [0.2, 0.25) is 37.8 Å². The number of allylic oxidation sites excluding steroid dienone is 2. The maximum Gasteiger partial charge on any atom is 0.192 e. The maximum atomic E-state index is 7.19. The van der Waals surface area contributed by atoms with E-state index >= 15 is 0 Å². The molecule has 2 aliphatic rings. The summed E-state index contributed by atoms with van der Waals surface area (Å²) >= 11 is 0. The fourth-order valence-corrected chi connectivity index (χ4v) is 8.30. The zero-order valence-corrected chi connectivity index (χ0v) is 26.4. The van der Waals surface area contributed by atoms with E-state index in [1.807, 2.05) is 12.1 Å². The van der Waals surface area contributed by atoms with E-state index in [2.05, 4.69) is 90.8 Å². The second-order valence-electron chi connectivity index (χ2n) is 13.4. The Balaban J connectivity index is 1.81. The summed E-state index contributed by atoms with van der Waals surface area (Å²) in [5, 5.41) is 0.160. The topological polar surface area (TPSA) is 36.9 Å². The molecule has 202 valence electrons. The number of hydrogen-bond acceptors (Lipinski definition) is 4. The lowest BCUT2D eigenvalue weighted by molar-refractivity contribution is -0.0173. The Morgan fingerprint density at radius 1 is 1.03 bits per heavy atom. The maximum absolute atomic E-state index is 7.19. The largest absolute Gasteiger partial charge is 0.497 e. The van der Waals surface area contributed by atoms with Gasteiger partial charge in [-0.25, -0.2) is 0 Å². The van der Waals surface area contributed by atoms with Gasteiger partial charge in [0.1, 0.15) is 5.75 Å². The first-order valence-electron chi connectivity index (χ1n) is 13.6. The Kier molecular flexibility index (Phi) is 9.20. The number of rotatable bonds is 10. The minimum Gasteiger partial charge on any atom is -0.497 e. The average molecular weight is 531 g/mol. The number of methoxy groups -OCH3 is 1. The summed E-state index contributed by atoms with van der Waals surface area (Å²) in [6.45, 7) is 22.3. The van der Waals surface area contributed by atoms with E-state index in [-0.39, 0.29) is 16.7 Å². The third-order valence-electron chi connectivity index (χ3n) is 8.13. The Bertz CT molecular complexity index is 924. The van der Waals surface area contributed by atoms with Crippen molar-refractivity contribution in [1.29, 1.82) is 0 Å². The molecular formula is C30H50O4Si2.